The SMILES string of the molecule is O=Cc1ccc(Oc2ccc(Cl)cc2Cl)c(C(F)(F)F)c1. The number of hydrogen-bond acceptors (Lipinski definition) is 2. The van der Waals surface area contributed by atoms with Crippen molar-refractivity contribution in [1.82, 2.24) is 0 Å². The third-order valence-corrected chi connectivity index (χ3v) is 3.09. The molecule has 21 heavy (non-hydrogen) atoms. The minimum Gasteiger partial charge on any atom is -0.455 e. The molecular formula is C14H7Cl2F3O2. The van der Waals surface area contributed by atoms with Gasteiger partial charge in [-0.25, -0.2) is 0 Å². The number of rotatable bonds is 3. The van der Waals surface area contributed by atoms with Crippen molar-refractivity contribution in [2.45, 2.75) is 6.18 Å². The minimum absolute atomic E-state index is 0.0328. The summed E-state index contributed by atoms with van der Waals surface area (Å²) in [6.07, 6.45) is -4.33. The zero-order valence-corrected chi connectivity index (χ0v) is 11.8. The Hall–Kier alpha value is -1.72. The minimum atomic E-state index is -4.66. The van der Waals surface area contributed by atoms with Crippen molar-refractivity contribution in [2.24, 2.45) is 0 Å². The van der Waals surface area contributed by atoms with E-state index in [0.717, 1.165) is 6.07 Å². The molecule has 0 aliphatic heterocycles. The van der Waals surface area contributed by atoms with Crippen LogP contribution in [0.1, 0.15) is 15.9 Å². The van der Waals surface area contributed by atoms with Gasteiger partial charge in [0, 0.05) is 10.6 Å². The van der Waals surface area contributed by atoms with Crippen LogP contribution < -0.4 is 4.74 Å². The zero-order valence-electron chi connectivity index (χ0n) is 10.2. The predicted molar refractivity (Wildman–Crippen MR) is 73.4 cm³/mol. The fourth-order valence-corrected chi connectivity index (χ4v) is 2.05. The lowest BCUT2D eigenvalue weighted by molar-refractivity contribution is -0.138. The maximum atomic E-state index is 13.0. The van der Waals surface area contributed by atoms with E-state index in [2.05, 4.69) is 0 Å². The van der Waals surface area contributed by atoms with Gasteiger partial charge in [0.1, 0.15) is 17.8 Å². The lowest BCUT2D eigenvalue weighted by Crippen LogP contribution is -2.08. The number of ether oxygens (including phenoxy) is 1. The Balaban J connectivity index is 2.46. The van der Waals surface area contributed by atoms with Crippen molar-refractivity contribution in [3.8, 4) is 11.5 Å². The molecule has 0 fully saturated rings. The van der Waals surface area contributed by atoms with Gasteiger partial charge >= 0.3 is 6.18 Å². The highest BCUT2D eigenvalue weighted by atomic mass is 35.5. The fraction of sp³-hybridized carbons (Fsp3) is 0.0714. The first kappa shape index (κ1) is 15.7. The molecule has 0 amide bonds. The van der Waals surface area contributed by atoms with Gasteiger partial charge in [-0.05, 0) is 36.4 Å². The molecular weight excluding hydrogens is 328 g/mol. The van der Waals surface area contributed by atoms with E-state index < -0.39 is 17.5 Å². The van der Waals surface area contributed by atoms with E-state index in [-0.39, 0.29) is 16.3 Å². The van der Waals surface area contributed by atoms with E-state index in [1.54, 1.807) is 0 Å². The lowest BCUT2D eigenvalue weighted by Gasteiger charge is -2.15. The molecule has 2 nitrogen and oxygen atoms in total. The van der Waals surface area contributed by atoms with Crippen molar-refractivity contribution >= 4 is 29.5 Å². The summed E-state index contributed by atoms with van der Waals surface area (Å²) >= 11 is 11.6. The standard InChI is InChI=1S/C14H7Cl2F3O2/c15-9-2-4-13(11(16)6-9)21-12-3-1-8(7-20)5-10(12)14(17,18)19/h1-7H. The van der Waals surface area contributed by atoms with Crippen LogP contribution in [0.3, 0.4) is 0 Å². The average Bonchev–Trinajstić information content (AvgIpc) is 2.41. The Morgan fingerprint density at radius 3 is 2.24 bits per heavy atom. The van der Waals surface area contributed by atoms with Crippen molar-refractivity contribution < 1.29 is 22.7 Å². The Morgan fingerprint density at radius 1 is 1.00 bits per heavy atom. The van der Waals surface area contributed by atoms with Gasteiger partial charge in [0.2, 0.25) is 0 Å². The fourth-order valence-electron chi connectivity index (χ4n) is 1.61. The van der Waals surface area contributed by atoms with E-state index in [4.69, 9.17) is 27.9 Å². The van der Waals surface area contributed by atoms with Crippen molar-refractivity contribution in [2.75, 3.05) is 0 Å². The first-order chi connectivity index (χ1) is 9.81. The molecule has 2 rings (SSSR count). The zero-order chi connectivity index (χ0) is 15.6. The number of alkyl halides is 3. The molecule has 0 N–H and O–H groups in total. The number of benzene rings is 2. The number of aldehydes is 1. The first-order valence-corrected chi connectivity index (χ1v) is 6.36. The summed E-state index contributed by atoms with van der Waals surface area (Å²) in [5.74, 6) is -0.414. The maximum Gasteiger partial charge on any atom is 0.420 e. The van der Waals surface area contributed by atoms with Crippen LogP contribution in [-0.2, 0) is 6.18 Å². The summed E-state index contributed by atoms with van der Waals surface area (Å²) in [5.41, 5.74) is -1.16. The molecule has 0 bridgehead atoms. The van der Waals surface area contributed by atoms with Crippen molar-refractivity contribution in [1.29, 1.82) is 0 Å². The van der Waals surface area contributed by atoms with Crippen LogP contribution in [0.15, 0.2) is 36.4 Å². The largest absolute Gasteiger partial charge is 0.455 e. The van der Waals surface area contributed by atoms with Crippen LogP contribution in [0.4, 0.5) is 13.2 Å². The van der Waals surface area contributed by atoms with Crippen LogP contribution in [0.5, 0.6) is 11.5 Å². The van der Waals surface area contributed by atoms with E-state index in [9.17, 15) is 18.0 Å². The van der Waals surface area contributed by atoms with Crippen LogP contribution in [-0.4, -0.2) is 6.29 Å². The molecule has 2 aromatic rings. The molecule has 0 unspecified atom stereocenters. The molecule has 0 aliphatic rings. The second-order valence-corrected chi connectivity index (χ2v) is 4.89. The lowest BCUT2D eigenvalue weighted by atomic mass is 10.1. The van der Waals surface area contributed by atoms with Crippen LogP contribution >= 0.6 is 23.2 Å². The smallest absolute Gasteiger partial charge is 0.420 e. The predicted octanol–water partition coefficient (Wildman–Crippen LogP) is 5.62. The van der Waals surface area contributed by atoms with Crippen molar-refractivity contribution in [3.05, 3.63) is 57.6 Å². The molecule has 2 aromatic carbocycles. The maximum absolute atomic E-state index is 13.0. The summed E-state index contributed by atoms with van der Waals surface area (Å²) < 4.78 is 44.1. The number of carbonyl (C=O) groups is 1. The summed E-state index contributed by atoms with van der Waals surface area (Å²) in [4.78, 5) is 10.6. The summed E-state index contributed by atoms with van der Waals surface area (Å²) in [6.45, 7) is 0. The first-order valence-electron chi connectivity index (χ1n) is 5.60. The van der Waals surface area contributed by atoms with Gasteiger partial charge < -0.3 is 4.74 Å². The molecule has 0 radical (unpaired) electrons. The van der Waals surface area contributed by atoms with Gasteiger partial charge in [0.05, 0.1) is 10.6 Å². The third-order valence-electron chi connectivity index (χ3n) is 2.56. The van der Waals surface area contributed by atoms with E-state index in [1.165, 1.54) is 24.3 Å². The van der Waals surface area contributed by atoms with E-state index in [0.29, 0.717) is 17.4 Å². The molecule has 0 aliphatic carbocycles. The van der Waals surface area contributed by atoms with Gasteiger partial charge in [-0.15, -0.1) is 0 Å². The molecule has 0 saturated heterocycles. The van der Waals surface area contributed by atoms with Crippen LogP contribution in [0, 0.1) is 0 Å². The highest BCUT2D eigenvalue weighted by molar-refractivity contribution is 6.35. The third kappa shape index (κ3) is 3.68. The topological polar surface area (TPSA) is 26.3 Å². The van der Waals surface area contributed by atoms with Gasteiger partial charge in [-0.2, -0.15) is 13.2 Å². The molecule has 0 spiro atoms. The van der Waals surface area contributed by atoms with Gasteiger partial charge in [-0.1, -0.05) is 23.2 Å². The van der Waals surface area contributed by atoms with Gasteiger partial charge in [0.15, 0.2) is 0 Å². The van der Waals surface area contributed by atoms with Gasteiger partial charge in [0.25, 0.3) is 0 Å². The van der Waals surface area contributed by atoms with E-state index in [1.807, 2.05) is 0 Å². The number of halogens is 5. The Labute approximate surface area is 128 Å². The Kier molecular flexibility index (Phi) is 4.44. The summed E-state index contributed by atoms with van der Waals surface area (Å²) in [6, 6.07) is 7.16. The van der Waals surface area contributed by atoms with E-state index >= 15 is 0 Å². The van der Waals surface area contributed by atoms with Crippen molar-refractivity contribution in [3.63, 3.8) is 0 Å². The van der Waals surface area contributed by atoms with Crippen LogP contribution in [0.25, 0.3) is 0 Å². The highest BCUT2D eigenvalue weighted by Crippen LogP contribution is 2.40. The highest BCUT2D eigenvalue weighted by Gasteiger charge is 2.35. The van der Waals surface area contributed by atoms with Crippen LogP contribution in [0.2, 0.25) is 10.0 Å². The average molecular weight is 335 g/mol. The monoisotopic (exact) mass is 334 g/mol. The summed E-state index contributed by atoms with van der Waals surface area (Å²) in [5, 5.41) is 0.412. The summed E-state index contributed by atoms with van der Waals surface area (Å²) in [7, 11) is 0. The quantitative estimate of drug-likeness (QED) is 0.681. The van der Waals surface area contributed by atoms with Gasteiger partial charge in [-0.3, -0.25) is 4.79 Å². The number of hydrogen-bond donors (Lipinski definition) is 0. The number of carbonyl (C=O) groups excluding carboxylic acids is 1. The molecule has 0 atom stereocenters. The second kappa shape index (κ2) is 5.95. The normalized spacial score (nSPS) is 11.3. The molecule has 110 valence electrons. The Morgan fingerprint density at radius 2 is 1.67 bits per heavy atom. The second-order valence-electron chi connectivity index (χ2n) is 4.05. The molecule has 0 aromatic heterocycles. The molecule has 0 saturated carbocycles. The molecule has 0 heterocycles. The molecule has 7 heteroatoms. The Bertz CT molecular complexity index is 684.